The SMILES string of the molecule is COc1ccc(C(=O)COc2cc(C)c3c(c2)O/C(=C\c2c(F)cccc2Cl)C3=O)cc1. The van der Waals surface area contributed by atoms with Crippen molar-refractivity contribution < 1.29 is 28.2 Å². The zero-order valence-electron chi connectivity index (χ0n) is 17.3. The molecule has 1 aliphatic rings. The van der Waals surface area contributed by atoms with E-state index in [4.69, 9.17) is 25.8 Å². The van der Waals surface area contributed by atoms with E-state index in [1.807, 2.05) is 0 Å². The molecule has 0 bridgehead atoms. The van der Waals surface area contributed by atoms with Crippen LogP contribution in [0.4, 0.5) is 4.39 Å². The van der Waals surface area contributed by atoms with Crippen LogP contribution in [0, 0.1) is 12.7 Å². The predicted octanol–water partition coefficient (Wildman–Crippen LogP) is 5.67. The van der Waals surface area contributed by atoms with E-state index in [2.05, 4.69) is 0 Å². The van der Waals surface area contributed by atoms with Crippen LogP contribution >= 0.6 is 11.6 Å². The number of carbonyl (C=O) groups is 2. The summed E-state index contributed by atoms with van der Waals surface area (Å²) in [6.07, 6.45) is 1.28. The lowest BCUT2D eigenvalue weighted by molar-refractivity contribution is 0.0920. The second-order valence-electron chi connectivity index (χ2n) is 7.13. The molecule has 3 aromatic rings. The van der Waals surface area contributed by atoms with Crippen molar-refractivity contribution in [3.8, 4) is 17.2 Å². The van der Waals surface area contributed by atoms with Gasteiger partial charge in [-0.15, -0.1) is 0 Å². The smallest absolute Gasteiger partial charge is 0.232 e. The molecule has 7 heteroatoms. The Morgan fingerprint density at radius 1 is 1.12 bits per heavy atom. The quantitative estimate of drug-likeness (QED) is 0.356. The molecule has 0 fully saturated rings. The Bertz CT molecular complexity index is 1230. The van der Waals surface area contributed by atoms with Crippen LogP contribution in [0.2, 0.25) is 5.02 Å². The van der Waals surface area contributed by atoms with Gasteiger partial charge in [0.25, 0.3) is 0 Å². The number of ketones is 2. The average Bonchev–Trinajstić information content (AvgIpc) is 3.10. The molecule has 1 heterocycles. The Hall–Kier alpha value is -3.64. The van der Waals surface area contributed by atoms with E-state index in [0.29, 0.717) is 28.2 Å². The highest BCUT2D eigenvalue weighted by atomic mass is 35.5. The highest BCUT2D eigenvalue weighted by Crippen LogP contribution is 2.38. The number of carbonyl (C=O) groups excluding carboxylic acids is 2. The van der Waals surface area contributed by atoms with E-state index in [-0.39, 0.29) is 40.3 Å². The normalized spacial score (nSPS) is 13.6. The van der Waals surface area contributed by atoms with Crippen molar-refractivity contribution in [1.29, 1.82) is 0 Å². The molecule has 5 nitrogen and oxygen atoms in total. The van der Waals surface area contributed by atoms with Gasteiger partial charge in [-0.2, -0.15) is 0 Å². The van der Waals surface area contributed by atoms with E-state index < -0.39 is 5.82 Å². The number of methoxy groups -OCH3 is 1. The van der Waals surface area contributed by atoms with Gasteiger partial charge in [-0.05, 0) is 61.0 Å². The third-order valence-electron chi connectivity index (χ3n) is 5.00. The first-order valence-electron chi connectivity index (χ1n) is 9.70. The summed E-state index contributed by atoms with van der Waals surface area (Å²) in [6, 6.07) is 14.2. The summed E-state index contributed by atoms with van der Waals surface area (Å²) < 4.78 is 30.5. The van der Waals surface area contributed by atoms with E-state index in [0.717, 1.165) is 0 Å². The average molecular weight is 453 g/mol. The summed E-state index contributed by atoms with van der Waals surface area (Å²) in [7, 11) is 1.55. The Labute approximate surface area is 189 Å². The minimum Gasteiger partial charge on any atom is -0.497 e. The van der Waals surface area contributed by atoms with Crippen LogP contribution < -0.4 is 14.2 Å². The summed E-state index contributed by atoms with van der Waals surface area (Å²) >= 11 is 6.05. The second kappa shape index (κ2) is 8.85. The van der Waals surface area contributed by atoms with E-state index in [9.17, 15) is 14.0 Å². The first kappa shape index (κ1) is 21.6. The maximum absolute atomic E-state index is 14.1. The first-order valence-corrected chi connectivity index (χ1v) is 10.1. The van der Waals surface area contributed by atoms with E-state index >= 15 is 0 Å². The number of benzene rings is 3. The van der Waals surface area contributed by atoms with Crippen molar-refractivity contribution in [3.05, 3.63) is 93.5 Å². The maximum atomic E-state index is 14.1. The summed E-state index contributed by atoms with van der Waals surface area (Å²) in [6.45, 7) is 1.54. The van der Waals surface area contributed by atoms with Crippen LogP contribution in [0.5, 0.6) is 17.2 Å². The van der Waals surface area contributed by atoms with E-state index in [1.54, 1.807) is 44.4 Å². The zero-order valence-corrected chi connectivity index (χ0v) is 18.0. The third kappa shape index (κ3) is 4.22. The molecule has 4 rings (SSSR count). The van der Waals surface area contributed by atoms with Gasteiger partial charge in [-0.1, -0.05) is 17.7 Å². The van der Waals surface area contributed by atoms with Crippen LogP contribution in [0.15, 0.2) is 60.4 Å². The van der Waals surface area contributed by atoms with Gasteiger partial charge in [0.1, 0.15) is 23.1 Å². The van der Waals surface area contributed by atoms with Crippen LogP contribution in [-0.2, 0) is 0 Å². The molecule has 0 saturated heterocycles. The highest BCUT2D eigenvalue weighted by molar-refractivity contribution is 6.32. The van der Waals surface area contributed by atoms with Crippen LogP contribution in [0.1, 0.15) is 31.8 Å². The van der Waals surface area contributed by atoms with Crippen molar-refractivity contribution in [1.82, 2.24) is 0 Å². The molecule has 3 aromatic carbocycles. The molecular formula is C25H18ClFO5. The van der Waals surface area contributed by atoms with Crippen molar-refractivity contribution >= 4 is 29.2 Å². The number of aryl methyl sites for hydroxylation is 1. The second-order valence-corrected chi connectivity index (χ2v) is 7.54. The van der Waals surface area contributed by atoms with Crippen LogP contribution in [0.25, 0.3) is 6.08 Å². The topological polar surface area (TPSA) is 61.8 Å². The molecule has 32 heavy (non-hydrogen) atoms. The van der Waals surface area contributed by atoms with Gasteiger partial charge in [0, 0.05) is 17.2 Å². The molecule has 0 amide bonds. The first-order chi connectivity index (χ1) is 15.4. The lowest BCUT2D eigenvalue weighted by Crippen LogP contribution is -2.11. The van der Waals surface area contributed by atoms with Crippen molar-refractivity contribution in [2.75, 3.05) is 13.7 Å². The highest BCUT2D eigenvalue weighted by Gasteiger charge is 2.30. The minimum absolute atomic E-state index is 0.0402. The number of halogens is 2. The number of ether oxygens (including phenoxy) is 3. The predicted molar refractivity (Wildman–Crippen MR) is 118 cm³/mol. The van der Waals surface area contributed by atoms with Crippen molar-refractivity contribution in [3.63, 3.8) is 0 Å². The molecule has 0 atom stereocenters. The lowest BCUT2D eigenvalue weighted by atomic mass is 10.0. The van der Waals surface area contributed by atoms with E-state index in [1.165, 1.54) is 30.3 Å². The van der Waals surface area contributed by atoms with Gasteiger partial charge in [-0.25, -0.2) is 4.39 Å². The maximum Gasteiger partial charge on any atom is 0.232 e. The molecule has 162 valence electrons. The number of allylic oxidation sites excluding steroid dienone is 1. The monoisotopic (exact) mass is 452 g/mol. The van der Waals surface area contributed by atoms with Crippen molar-refractivity contribution in [2.24, 2.45) is 0 Å². The van der Waals surface area contributed by atoms with Crippen molar-refractivity contribution in [2.45, 2.75) is 6.92 Å². The van der Waals surface area contributed by atoms with Gasteiger partial charge < -0.3 is 14.2 Å². The molecule has 0 aliphatic carbocycles. The number of Topliss-reactive ketones (excluding diaryl/α,β-unsaturated/α-hetero) is 2. The largest absolute Gasteiger partial charge is 0.497 e. The van der Waals surface area contributed by atoms with Crippen LogP contribution in [-0.4, -0.2) is 25.3 Å². The molecule has 0 spiro atoms. The number of hydrogen-bond acceptors (Lipinski definition) is 5. The summed E-state index contributed by atoms with van der Waals surface area (Å²) in [5.41, 5.74) is 1.53. The fourth-order valence-corrected chi connectivity index (χ4v) is 3.57. The molecule has 0 aromatic heterocycles. The molecular weight excluding hydrogens is 435 g/mol. The van der Waals surface area contributed by atoms with Gasteiger partial charge in [-0.3, -0.25) is 9.59 Å². The Kier molecular flexibility index (Phi) is 5.97. The van der Waals surface area contributed by atoms with Gasteiger partial charge in [0.05, 0.1) is 17.7 Å². The Morgan fingerprint density at radius 3 is 2.56 bits per heavy atom. The Balaban J connectivity index is 1.53. The third-order valence-corrected chi connectivity index (χ3v) is 5.33. The van der Waals surface area contributed by atoms with Gasteiger partial charge >= 0.3 is 0 Å². The number of rotatable bonds is 6. The van der Waals surface area contributed by atoms with Crippen LogP contribution in [0.3, 0.4) is 0 Å². The zero-order chi connectivity index (χ0) is 22.8. The van der Waals surface area contributed by atoms with Gasteiger partial charge in [0.15, 0.2) is 18.1 Å². The standard InChI is InChI=1S/C25H18ClFO5/c1-14-10-17(31-13-21(28)15-6-8-16(30-2)9-7-15)11-22-24(14)25(29)23(32-22)12-18-19(26)4-3-5-20(18)27/h3-12H,13H2,1-2H3/b23-12-. The number of hydrogen-bond donors (Lipinski definition) is 0. The Morgan fingerprint density at radius 2 is 1.88 bits per heavy atom. The summed E-state index contributed by atoms with van der Waals surface area (Å²) in [5.74, 6) is 0.118. The molecule has 0 radical (unpaired) electrons. The number of fused-ring (bicyclic) bond motifs is 1. The minimum atomic E-state index is -0.560. The summed E-state index contributed by atoms with van der Waals surface area (Å²) in [4.78, 5) is 25.2. The van der Waals surface area contributed by atoms with Gasteiger partial charge in [0.2, 0.25) is 5.78 Å². The summed E-state index contributed by atoms with van der Waals surface area (Å²) in [5, 5.41) is 0.169. The molecule has 0 unspecified atom stereocenters. The molecule has 1 aliphatic heterocycles. The fourth-order valence-electron chi connectivity index (χ4n) is 3.35. The fraction of sp³-hybridized carbons (Fsp3) is 0.120. The lowest BCUT2D eigenvalue weighted by Gasteiger charge is -2.09. The molecule has 0 N–H and O–H groups in total. The molecule has 0 saturated carbocycles.